The molecule has 4 N–H and O–H groups in total. The first-order valence-electron chi connectivity index (χ1n) is 9.96. The van der Waals surface area contributed by atoms with Crippen LogP contribution in [0.5, 0.6) is 5.75 Å². The van der Waals surface area contributed by atoms with Crippen molar-refractivity contribution in [2.75, 3.05) is 7.11 Å². The Kier molecular flexibility index (Phi) is 9.37. The number of rotatable bonds is 12. The first kappa shape index (κ1) is 22.9. The van der Waals surface area contributed by atoms with Crippen LogP contribution in [-0.2, 0) is 22.4 Å². The number of methoxy groups -OCH3 is 1. The number of nitrogens with two attached hydrogens (primary N) is 1. The molecule has 7 nitrogen and oxygen atoms in total. The van der Waals surface area contributed by atoms with Crippen LogP contribution in [0.4, 0.5) is 0 Å². The third-order valence-electron chi connectivity index (χ3n) is 4.75. The van der Waals surface area contributed by atoms with Crippen LogP contribution in [-0.4, -0.2) is 36.3 Å². The third kappa shape index (κ3) is 8.34. The Labute approximate surface area is 176 Å². The van der Waals surface area contributed by atoms with Crippen molar-refractivity contribution in [3.8, 4) is 5.75 Å². The molecule has 0 aliphatic rings. The van der Waals surface area contributed by atoms with Gasteiger partial charge in [-0.2, -0.15) is 5.10 Å². The van der Waals surface area contributed by atoms with E-state index in [0.29, 0.717) is 12.8 Å². The highest BCUT2D eigenvalue weighted by Gasteiger charge is 2.16. The number of carbonyl (C=O) groups excluding carboxylic acids is 1. The summed E-state index contributed by atoms with van der Waals surface area (Å²) in [5.41, 5.74) is 3.08. The number of aryl methyl sites for hydroxylation is 1. The number of nitrogens with one attached hydrogen (secondary N) is 1. The minimum absolute atomic E-state index is 0.115. The second-order valence-electron chi connectivity index (χ2n) is 7.14. The SMILES string of the molecule is COc1ccc(CC(CC(=O)O)NC(=O)CCCCc2ccc(C=NN)cc2)cc1. The number of carboxylic acid groups (broad SMARTS) is 1. The molecule has 0 saturated carbocycles. The molecule has 0 radical (unpaired) electrons. The minimum atomic E-state index is -0.933. The second-order valence-corrected chi connectivity index (χ2v) is 7.14. The Bertz CT molecular complexity index is 833. The number of benzene rings is 2. The van der Waals surface area contributed by atoms with Crippen molar-refractivity contribution in [3.05, 3.63) is 65.2 Å². The molecular weight excluding hydrogens is 382 g/mol. The number of hydrogen-bond donors (Lipinski definition) is 3. The maximum atomic E-state index is 12.3. The van der Waals surface area contributed by atoms with Crippen LogP contribution in [0, 0.1) is 0 Å². The Hall–Kier alpha value is -3.35. The molecule has 2 aromatic carbocycles. The lowest BCUT2D eigenvalue weighted by atomic mass is 10.0. The van der Waals surface area contributed by atoms with Crippen LogP contribution in [0.15, 0.2) is 53.6 Å². The molecule has 0 fully saturated rings. The quantitative estimate of drug-likeness (QED) is 0.215. The summed E-state index contributed by atoms with van der Waals surface area (Å²) in [6.07, 6.45) is 4.79. The van der Waals surface area contributed by atoms with E-state index in [1.54, 1.807) is 13.3 Å². The number of hydrazone groups is 1. The van der Waals surface area contributed by atoms with Crippen molar-refractivity contribution < 1.29 is 19.4 Å². The fourth-order valence-corrected chi connectivity index (χ4v) is 3.20. The highest BCUT2D eigenvalue weighted by Crippen LogP contribution is 2.14. The zero-order valence-electron chi connectivity index (χ0n) is 17.2. The Morgan fingerprint density at radius 1 is 1.10 bits per heavy atom. The fourth-order valence-electron chi connectivity index (χ4n) is 3.20. The summed E-state index contributed by atoms with van der Waals surface area (Å²) in [5, 5.41) is 15.5. The summed E-state index contributed by atoms with van der Waals surface area (Å²) < 4.78 is 5.13. The molecule has 0 saturated heterocycles. The molecular formula is C23H29N3O4. The van der Waals surface area contributed by atoms with E-state index in [9.17, 15) is 9.59 Å². The van der Waals surface area contributed by atoms with Crippen molar-refractivity contribution >= 4 is 18.1 Å². The molecule has 30 heavy (non-hydrogen) atoms. The van der Waals surface area contributed by atoms with Gasteiger partial charge in [-0.25, -0.2) is 0 Å². The maximum Gasteiger partial charge on any atom is 0.305 e. The normalized spacial score (nSPS) is 11.9. The fraction of sp³-hybridized carbons (Fsp3) is 0.348. The number of aliphatic carboxylic acids is 1. The van der Waals surface area contributed by atoms with Crippen molar-refractivity contribution in [1.82, 2.24) is 5.32 Å². The number of unbranched alkanes of at least 4 members (excludes halogenated alkanes) is 1. The molecule has 7 heteroatoms. The van der Waals surface area contributed by atoms with E-state index in [-0.39, 0.29) is 12.3 Å². The van der Waals surface area contributed by atoms with Gasteiger partial charge in [0.1, 0.15) is 5.75 Å². The van der Waals surface area contributed by atoms with Crippen molar-refractivity contribution in [1.29, 1.82) is 0 Å². The molecule has 2 aromatic rings. The van der Waals surface area contributed by atoms with Gasteiger partial charge in [-0.05, 0) is 54.5 Å². The average molecular weight is 412 g/mol. The van der Waals surface area contributed by atoms with Gasteiger partial charge in [-0.15, -0.1) is 0 Å². The predicted molar refractivity (Wildman–Crippen MR) is 117 cm³/mol. The third-order valence-corrected chi connectivity index (χ3v) is 4.75. The minimum Gasteiger partial charge on any atom is -0.497 e. The van der Waals surface area contributed by atoms with Gasteiger partial charge in [0.2, 0.25) is 5.91 Å². The van der Waals surface area contributed by atoms with E-state index >= 15 is 0 Å². The topological polar surface area (TPSA) is 114 Å². The van der Waals surface area contributed by atoms with Crippen LogP contribution in [0.2, 0.25) is 0 Å². The average Bonchev–Trinajstić information content (AvgIpc) is 2.72. The predicted octanol–water partition coefficient (Wildman–Crippen LogP) is 2.90. The standard InChI is InChI=1S/C23H29N3O4/c1-30-21-12-10-18(11-13-21)14-20(15-23(28)29)26-22(27)5-3-2-4-17-6-8-19(9-7-17)16-25-24/h6-13,16,20H,2-5,14-15,24H2,1H3,(H,26,27)(H,28,29). The summed E-state index contributed by atoms with van der Waals surface area (Å²) in [4.78, 5) is 23.5. The molecule has 0 heterocycles. The summed E-state index contributed by atoms with van der Waals surface area (Å²) in [6, 6.07) is 14.9. The van der Waals surface area contributed by atoms with E-state index < -0.39 is 12.0 Å². The molecule has 1 atom stereocenters. The van der Waals surface area contributed by atoms with Crippen LogP contribution in [0.1, 0.15) is 42.4 Å². The first-order chi connectivity index (χ1) is 14.5. The number of carbonyl (C=O) groups is 2. The smallest absolute Gasteiger partial charge is 0.305 e. The molecule has 0 bridgehead atoms. The summed E-state index contributed by atoms with van der Waals surface area (Å²) in [5.74, 6) is 4.82. The lowest BCUT2D eigenvalue weighted by Crippen LogP contribution is -2.38. The Morgan fingerprint density at radius 3 is 2.37 bits per heavy atom. The monoisotopic (exact) mass is 411 g/mol. The largest absolute Gasteiger partial charge is 0.497 e. The van der Waals surface area contributed by atoms with E-state index in [1.165, 1.54) is 5.56 Å². The summed E-state index contributed by atoms with van der Waals surface area (Å²) in [7, 11) is 1.59. The van der Waals surface area contributed by atoms with Crippen LogP contribution in [0.25, 0.3) is 0 Å². The summed E-state index contributed by atoms with van der Waals surface area (Å²) in [6.45, 7) is 0. The van der Waals surface area contributed by atoms with E-state index in [1.807, 2.05) is 48.5 Å². The number of ether oxygens (including phenoxy) is 1. The second kappa shape index (κ2) is 12.3. The van der Waals surface area contributed by atoms with Crippen LogP contribution >= 0.6 is 0 Å². The van der Waals surface area contributed by atoms with Crippen molar-refractivity contribution in [3.63, 3.8) is 0 Å². The van der Waals surface area contributed by atoms with Gasteiger partial charge < -0.3 is 21.0 Å². The molecule has 2 rings (SSSR count). The Balaban J connectivity index is 1.78. The zero-order valence-corrected chi connectivity index (χ0v) is 17.2. The highest BCUT2D eigenvalue weighted by molar-refractivity contribution is 5.79. The Morgan fingerprint density at radius 2 is 1.77 bits per heavy atom. The molecule has 1 amide bonds. The van der Waals surface area contributed by atoms with E-state index in [2.05, 4.69) is 10.4 Å². The first-order valence-corrected chi connectivity index (χ1v) is 9.96. The van der Waals surface area contributed by atoms with E-state index in [4.69, 9.17) is 15.7 Å². The van der Waals surface area contributed by atoms with Crippen LogP contribution in [0.3, 0.4) is 0 Å². The van der Waals surface area contributed by atoms with Gasteiger partial charge in [-0.1, -0.05) is 36.4 Å². The van der Waals surface area contributed by atoms with E-state index in [0.717, 1.165) is 36.1 Å². The molecule has 0 aromatic heterocycles. The van der Waals surface area contributed by atoms with Gasteiger partial charge in [0.25, 0.3) is 0 Å². The van der Waals surface area contributed by atoms with Gasteiger partial charge in [0.05, 0.1) is 19.7 Å². The maximum absolute atomic E-state index is 12.3. The molecule has 1 unspecified atom stereocenters. The number of hydrogen-bond acceptors (Lipinski definition) is 5. The van der Waals surface area contributed by atoms with Crippen LogP contribution < -0.4 is 15.9 Å². The number of nitrogens with zero attached hydrogens (tertiary/aromatic N) is 1. The summed E-state index contributed by atoms with van der Waals surface area (Å²) >= 11 is 0. The van der Waals surface area contributed by atoms with Gasteiger partial charge in [0, 0.05) is 12.5 Å². The van der Waals surface area contributed by atoms with Crippen molar-refractivity contribution in [2.24, 2.45) is 10.9 Å². The zero-order chi connectivity index (χ0) is 21.8. The number of carboxylic acids is 1. The molecule has 0 spiro atoms. The van der Waals surface area contributed by atoms with Crippen molar-refractivity contribution in [2.45, 2.75) is 44.6 Å². The van der Waals surface area contributed by atoms with Gasteiger partial charge in [-0.3, -0.25) is 9.59 Å². The molecule has 0 aliphatic heterocycles. The number of amides is 1. The van der Waals surface area contributed by atoms with Gasteiger partial charge in [0.15, 0.2) is 0 Å². The molecule has 160 valence electrons. The van der Waals surface area contributed by atoms with Gasteiger partial charge >= 0.3 is 5.97 Å². The lowest BCUT2D eigenvalue weighted by Gasteiger charge is -2.17. The lowest BCUT2D eigenvalue weighted by molar-refractivity contribution is -0.137. The molecule has 0 aliphatic carbocycles. The highest BCUT2D eigenvalue weighted by atomic mass is 16.5.